The second-order valence-electron chi connectivity index (χ2n) is 4.35. The third kappa shape index (κ3) is 2.95. The lowest BCUT2D eigenvalue weighted by molar-refractivity contribution is 0.0357. The number of rotatable bonds is 6. The summed E-state index contributed by atoms with van der Waals surface area (Å²) in [7, 11) is -2.82. The van der Waals surface area contributed by atoms with Crippen LogP contribution >= 0.6 is 0 Å². The Hall–Kier alpha value is -0.0900. The van der Waals surface area contributed by atoms with Gasteiger partial charge >= 0.3 is 0 Å². The van der Waals surface area contributed by atoms with E-state index in [-0.39, 0.29) is 23.5 Å². The average Bonchev–Trinajstić information content (AvgIpc) is 2.10. The van der Waals surface area contributed by atoms with Crippen LogP contribution in [0.2, 0.25) is 0 Å². The Labute approximate surface area is 86.4 Å². The lowest BCUT2D eigenvalue weighted by Gasteiger charge is -2.40. The fourth-order valence-electron chi connectivity index (χ4n) is 1.98. The van der Waals surface area contributed by atoms with E-state index in [1.54, 1.807) is 6.92 Å². The molecule has 1 rings (SSSR count). The molecule has 4 heteroatoms. The summed E-state index contributed by atoms with van der Waals surface area (Å²) in [5, 5.41) is 9.17. The van der Waals surface area contributed by atoms with Crippen molar-refractivity contribution in [3.63, 3.8) is 0 Å². The molecule has 0 radical (unpaired) electrons. The van der Waals surface area contributed by atoms with E-state index in [0.29, 0.717) is 6.42 Å². The molecule has 0 amide bonds. The number of hydrogen-bond donors (Lipinski definition) is 1. The van der Waals surface area contributed by atoms with Gasteiger partial charge in [0, 0.05) is 12.4 Å². The largest absolute Gasteiger partial charge is 0.396 e. The van der Waals surface area contributed by atoms with Gasteiger partial charge in [-0.3, -0.25) is 0 Å². The highest BCUT2D eigenvalue weighted by molar-refractivity contribution is 7.91. The van der Waals surface area contributed by atoms with E-state index in [1.807, 2.05) is 0 Å². The van der Waals surface area contributed by atoms with Gasteiger partial charge < -0.3 is 5.11 Å². The van der Waals surface area contributed by atoms with Crippen molar-refractivity contribution in [1.82, 2.24) is 0 Å². The SMILES string of the molecule is CCS(=O)(=O)CCCC1(CO)CCC1. The van der Waals surface area contributed by atoms with Crippen LogP contribution in [0.4, 0.5) is 0 Å². The minimum atomic E-state index is -2.82. The molecule has 0 unspecified atom stereocenters. The molecule has 3 nitrogen and oxygen atoms in total. The summed E-state index contributed by atoms with van der Waals surface area (Å²) in [6, 6.07) is 0. The van der Waals surface area contributed by atoms with Crippen LogP contribution in [0.5, 0.6) is 0 Å². The molecule has 84 valence electrons. The molecular formula is C10H20O3S. The minimum Gasteiger partial charge on any atom is -0.396 e. The fraction of sp³-hybridized carbons (Fsp3) is 1.00. The Morgan fingerprint density at radius 3 is 2.36 bits per heavy atom. The first-order valence-corrected chi connectivity index (χ1v) is 7.17. The van der Waals surface area contributed by atoms with Crippen LogP contribution in [-0.4, -0.2) is 31.6 Å². The van der Waals surface area contributed by atoms with Gasteiger partial charge in [-0.1, -0.05) is 13.3 Å². The minimum absolute atomic E-state index is 0.0727. The standard InChI is InChI=1S/C10H20O3S/c1-2-14(12,13)8-4-7-10(9-11)5-3-6-10/h11H,2-9H2,1H3. The van der Waals surface area contributed by atoms with Gasteiger partial charge in [-0.05, 0) is 31.1 Å². The number of sulfone groups is 1. The molecule has 0 atom stereocenters. The number of aliphatic hydroxyl groups excluding tert-OH is 1. The number of hydrogen-bond acceptors (Lipinski definition) is 3. The molecule has 14 heavy (non-hydrogen) atoms. The second kappa shape index (κ2) is 4.62. The van der Waals surface area contributed by atoms with E-state index < -0.39 is 9.84 Å². The lowest BCUT2D eigenvalue weighted by atomic mass is 9.67. The Bertz CT molecular complexity index is 260. The van der Waals surface area contributed by atoms with Crippen molar-refractivity contribution in [3.05, 3.63) is 0 Å². The van der Waals surface area contributed by atoms with Crippen LogP contribution in [0, 0.1) is 5.41 Å². The summed E-state index contributed by atoms with van der Waals surface area (Å²) in [6.45, 7) is 1.90. The van der Waals surface area contributed by atoms with Crippen LogP contribution in [0.25, 0.3) is 0 Å². The van der Waals surface area contributed by atoms with Gasteiger partial charge in [0.05, 0.1) is 5.75 Å². The number of aliphatic hydroxyl groups is 1. The molecular weight excluding hydrogens is 200 g/mol. The molecule has 0 spiro atoms. The molecule has 0 aromatic carbocycles. The molecule has 0 heterocycles. The van der Waals surface area contributed by atoms with E-state index in [2.05, 4.69) is 0 Å². The van der Waals surface area contributed by atoms with E-state index in [9.17, 15) is 13.5 Å². The van der Waals surface area contributed by atoms with E-state index in [1.165, 1.54) is 6.42 Å². The highest BCUT2D eigenvalue weighted by Gasteiger charge is 2.35. The van der Waals surface area contributed by atoms with Crippen LogP contribution < -0.4 is 0 Å². The maximum Gasteiger partial charge on any atom is 0.150 e. The molecule has 1 aliphatic rings. The van der Waals surface area contributed by atoms with Crippen molar-refractivity contribution in [2.45, 2.75) is 39.0 Å². The summed E-state index contributed by atoms with van der Waals surface area (Å²) in [4.78, 5) is 0. The van der Waals surface area contributed by atoms with Gasteiger partial charge in [0.15, 0.2) is 0 Å². The van der Waals surface area contributed by atoms with Gasteiger partial charge in [-0.2, -0.15) is 0 Å². The van der Waals surface area contributed by atoms with Crippen LogP contribution in [0.1, 0.15) is 39.0 Å². The molecule has 0 saturated heterocycles. The van der Waals surface area contributed by atoms with Crippen molar-refractivity contribution in [1.29, 1.82) is 0 Å². The van der Waals surface area contributed by atoms with Gasteiger partial charge in [0.2, 0.25) is 0 Å². The van der Waals surface area contributed by atoms with Crippen molar-refractivity contribution in [2.24, 2.45) is 5.41 Å². The summed E-state index contributed by atoms with van der Waals surface area (Å²) in [5.41, 5.74) is 0.0727. The van der Waals surface area contributed by atoms with E-state index in [0.717, 1.165) is 19.3 Å². The molecule has 0 aliphatic heterocycles. The first-order chi connectivity index (χ1) is 6.54. The maximum absolute atomic E-state index is 11.2. The van der Waals surface area contributed by atoms with E-state index in [4.69, 9.17) is 0 Å². The van der Waals surface area contributed by atoms with Crippen molar-refractivity contribution in [3.8, 4) is 0 Å². The third-order valence-corrected chi connectivity index (χ3v) is 5.14. The normalized spacial score (nSPS) is 20.4. The monoisotopic (exact) mass is 220 g/mol. The summed E-state index contributed by atoms with van der Waals surface area (Å²) in [6.07, 6.45) is 4.88. The Morgan fingerprint density at radius 2 is 2.00 bits per heavy atom. The highest BCUT2D eigenvalue weighted by atomic mass is 32.2. The van der Waals surface area contributed by atoms with Gasteiger partial charge in [0.25, 0.3) is 0 Å². The zero-order valence-electron chi connectivity index (χ0n) is 8.83. The molecule has 1 saturated carbocycles. The van der Waals surface area contributed by atoms with Gasteiger partial charge in [0.1, 0.15) is 9.84 Å². The van der Waals surface area contributed by atoms with Crippen molar-refractivity contribution in [2.75, 3.05) is 18.1 Å². The zero-order chi connectivity index (χ0) is 10.7. The molecule has 0 aromatic rings. The molecule has 1 aliphatic carbocycles. The van der Waals surface area contributed by atoms with Crippen LogP contribution in [0.3, 0.4) is 0 Å². The Kier molecular flexibility index (Phi) is 3.95. The topological polar surface area (TPSA) is 54.4 Å². The average molecular weight is 220 g/mol. The van der Waals surface area contributed by atoms with Crippen molar-refractivity contribution < 1.29 is 13.5 Å². The quantitative estimate of drug-likeness (QED) is 0.735. The summed E-state index contributed by atoms with van der Waals surface area (Å²) < 4.78 is 22.4. The zero-order valence-corrected chi connectivity index (χ0v) is 9.65. The molecule has 1 N–H and O–H groups in total. The molecule has 0 bridgehead atoms. The molecule has 1 fully saturated rings. The Balaban J connectivity index is 2.27. The van der Waals surface area contributed by atoms with Crippen LogP contribution in [-0.2, 0) is 9.84 Å². The highest BCUT2D eigenvalue weighted by Crippen LogP contribution is 2.44. The lowest BCUT2D eigenvalue weighted by Crippen LogP contribution is -2.33. The van der Waals surface area contributed by atoms with Crippen molar-refractivity contribution >= 4 is 9.84 Å². The van der Waals surface area contributed by atoms with Crippen LogP contribution in [0.15, 0.2) is 0 Å². The van der Waals surface area contributed by atoms with Gasteiger partial charge in [-0.25, -0.2) is 8.42 Å². The van der Waals surface area contributed by atoms with E-state index >= 15 is 0 Å². The maximum atomic E-state index is 11.2. The summed E-state index contributed by atoms with van der Waals surface area (Å²) in [5.74, 6) is 0.518. The first kappa shape index (κ1) is 12.0. The third-order valence-electron chi connectivity index (χ3n) is 3.35. The Morgan fingerprint density at radius 1 is 1.36 bits per heavy atom. The smallest absolute Gasteiger partial charge is 0.150 e. The predicted molar refractivity (Wildman–Crippen MR) is 56.9 cm³/mol. The fourth-order valence-corrected chi connectivity index (χ4v) is 2.85. The summed E-state index contributed by atoms with van der Waals surface area (Å²) >= 11 is 0. The first-order valence-electron chi connectivity index (χ1n) is 5.35. The van der Waals surface area contributed by atoms with Gasteiger partial charge in [-0.15, -0.1) is 0 Å². The second-order valence-corrected chi connectivity index (χ2v) is 6.82. The molecule has 0 aromatic heterocycles. The predicted octanol–water partition coefficient (Wildman–Crippen LogP) is 1.36.